The van der Waals surface area contributed by atoms with Gasteiger partial charge in [0.2, 0.25) is 5.91 Å². The minimum Gasteiger partial charge on any atom is -0.354 e. The van der Waals surface area contributed by atoms with E-state index < -0.39 is 18.5 Å². The summed E-state index contributed by atoms with van der Waals surface area (Å²) < 4.78 is 37.7. The third-order valence-electron chi connectivity index (χ3n) is 4.78. The van der Waals surface area contributed by atoms with Crippen LogP contribution in [-0.2, 0) is 4.79 Å². The maximum absolute atomic E-state index is 12.6. The molecule has 1 unspecified atom stereocenters. The van der Waals surface area contributed by atoms with Gasteiger partial charge in [0.1, 0.15) is 24.2 Å². The summed E-state index contributed by atoms with van der Waals surface area (Å²) in [6.07, 6.45) is -1.25. The highest BCUT2D eigenvalue weighted by molar-refractivity contribution is 5.87. The average Bonchev–Trinajstić information content (AvgIpc) is 3.01. The Kier molecular flexibility index (Phi) is 4.57. The van der Waals surface area contributed by atoms with Crippen molar-refractivity contribution in [3.63, 3.8) is 0 Å². The molecule has 1 N–H and O–H groups in total. The van der Waals surface area contributed by atoms with Gasteiger partial charge < -0.3 is 14.8 Å². The molecule has 3 rings (SSSR count). The second kappa shape index (κ2) is 6.53. The van der Waals surface area contributed by atoms with E-state index in [2.05, 4.69) is 15.0 Å². The van der Waals surface area contributed by atoms with Crippen molar-refractivity contribution < 1.29 is 18.0 Å². The van der Waals surface area contributed by atoms with Crippen LogP contribution in [0, 0.1) is 0 Å². The van der Waals surface area contributed by atoms with Gasteiger partial charge >= 0.3 is 6.18 Å². The zero-order chi connectivity index (χ0) is 18.2. The van der Waals surface area contributed by atoms with Gasteiger partial charge in [-0.25, -0.2) is 9.97 Å². The van der Waals surface area contributed by atoms with Gasteiger partial charge in [-0.1, -0.05) is 0 Å². The largest absolute Gasteiger partial charge is 0.397 e. The second-order valence-corrected chi connectivity index (χ2v) is 6.38. The van der Waals surface area contributed by atoms with Crippen molar-refractivity contribution >= 4 is 22.8 Å². The highest BCUT2D eigenvalue weighted by Gasteiger charge is 2.39. The van der Waals surface area contributed by atoms with E-state index in [9.17, 15) is 18.0 Å². The molecule has 136 valence electrons. The summed E-state index contributed by atoms with van der Waals surface area (Å²) in [6.45, 7) is 2.15. The van der Waals surface area contributed by atoms with Crippen LogP contribution in [0.3, 0.4) is 0 Å². The number of fused-ring (bicyclic) bond motifs is 1. The fourth-order valence-electron chi connectivity index (χ4n) is 3.56. The minimum absolute atomic E-state index is 0.112. The van der Waals surface area contributed by atoms with E-state index in [1.807, 2.05) is 18.0 Å². The Morgan fingerprint density at radius 1 is 1.44 bits per heavy atom. The van der Waals surface area contributed by atoms with Crippen LogP contribution in [0.15, 0.2) is 18.6 Å². The van der Waals surface area contributed by atoms with Crippen LogP contribution in [0.4, 0.5) is 19.0 Å². The number of hydrogen-bond acceptors (Lipinski definition) is 4. The van der Waals surface area contributed by atoms with Crippen LogP contribution < -0.4 is 4.90 Å². The molecule has 6 nitrogen and oxygen atoms in total. The quantitative estimate of drug-likeness (QED) is 0.919. The molecule has 0 aliphatic carbocycles. The number of carbonyl (C=O) groups is 1. The number of alkyl halides is 3. The fraction of sp³-hybridized carbons (Fsp3) is 0.562. The van der Waals surface area contributed by atoms with Gasteiger partial charge in [-0.3, -0.25) is 4.79 Å². The molecule has 1 aliphatic rings. The van der Waals surface area contributed by atoms with Crippen molar-refractivity contribution in [3.8, 4) is 0 Å². The highest BCUT2D eigenvalue weighted by atomic mass is 19.4. The summed E-state index contributed by atoms with van der Waals surface area (Å²) in [6, 6.07) is 1.41. The van der Waals surface area contributed by atoms with E-state index >= 15 is 0 Å². The van der Waals surface area contributed by atoms with Crippen molar-refractivity contribution in [2.75, 3.05) is 18.5 Å². The number of H-pyrrole nitrogens is 1. The number of aromatic nitrogens is 3. The first-order chi connectivity index (χ1) is 11.8. The summed E-state index contributed by atoms with van der Waals surface area (Å²) in [7, 11) is 1.85. The number of rotatable bonds is 3. The molecule has 0 radical (unpaired) electrons. The fourth-order valence-corrected chi connectivity index (χ4v) is 3.56. The molecule has 9 heteroatoms. The Morgan fingerprint density at radius 2 is 2.20 bits per heavy atom. The molecule has 2 aromatic heterocycles. The lowest BCUT2D eigenvalue weighted by Crippen LogP contribution is -2.55. The Bertz CT molecular complexity index is 760. The number of halogens is 3. The summed E-state index contributed by atoms with van der Waals surface area (Å²) in [5.74, 6) is -0.166. The Hall–Kier alpha value is -2.32. The number of hydrogen-bond donors (Lipinski definition) is 1. The number of likely N-dealkylation sites (tertiary alicyclic amines) is 1. The molecule has 25 heavy (non-hydrogen) atoms. The van der Waals surface area contributed by atoms with E-state index in [0.717, 1.165) is 11.8 Å². The number of likely N-dealkylation sites (N-methyl/N-ethyl adjacent to an activating group) is 1. The number of nitrogens with one attached hydrogen (secondary N) is 1. The smallest absolute Gasteiger partial charge is 0.354 e. The van der Waals surface area contributed by atoms with Gasteiger partial charge in [0.25, 0.3) is 0 Å². The number of anilines is 1. The number of aromatic amines is 1. The monoisotopic (exact) mass is 355 g/mol. The maximum atomic E-state index is 12.6. The molecule has 0 spiro atoms. The average molecular weight is 355 g/mol. The predicted octanol–water partition coefficient (Wildman–Crippen LogP) is 2.73. The first-order valence-corrected chi connectivity index (χ1v) is 8.15. The number of amides is 1. The molecular weight excluding hydrogens is 335 g/mol. The molecule has 0 aromatic carbocycles. The molecule has 1 fully saturated rings. The van der Waals surface area contributed by atoms with Crippen molar-refractivity contribution in [1.29, 1.82) is 0 Å². The number of piperidine rings is 1. The lowest BCUT2D eigenvalue weighted by atomic mass is 9.95. The van der Waals surface area contributed by atoms with Gasteiger partial charge in [-0.15, -0.1) is 0 Å². The van der Waals surface area contributed by atoms with Crippen LogP contribution in [0.1, 0.15) is 26.2 Å². The van der Waals surface area contributed by atoms with E-state index in [-0.39, 0.29) is 12.1 Å². The van der Waals surface area contributed by atoms with Crippen molar-refractivity contribution in [2.24, 2.45) is 0 Å². The zero-order valence-electron chi connectivity index (χ0n) is 14.0. The van der Waals surface area contributed by atoms with E-state index in [1.165, 1.54) is 11.2 Å². The first-order valence-electron chi connectivity index (χ1n) is 8.15. The standard InChI is InChI=1S/C16H20F3N5O/c1-10-12(4-3-7-24(10)13(25)8-16(17,18)19)23(2)15-11-5-6-20-14(11)21-9-22-15/h5-6,9-10,12H,3-4,7-8H2,1-2H3,(H,20,21,22)/t10?,12-/m1/s1. The maximum Gasteiger partial charge on any atom is 0.397 e. The minimum atomic E-state index is -4.49. The Balaban J connectivity index is 1.82. The van der Waals surface area contributed by atoms with Crippen LogP contribution in [0.25, 0.3) is 11.0 Å². The molecule has 2 atom stereocenters. The third-order valence-corrected chi connectivity index (χ3v) is 4.78. The van der Waals surface area contributed by atoms with Gasteiger partial charge in [0.05, 0.1) is 11.4 Å². The zero-order valence-corrected chi connectivity index (χ0v) is 14.0. The summed E-state index contributed by atoms with van der Waals surface area (Å²) in [4.78, 5) is 26.8. The SMILES string of the molecule is CC1[C@H](N(C)c2ncnc3[nH]ccc23)CCCN1C(=O)CC(F)(F)F. The Morgan fingerprint density at radius 3 is 2.92 bits per heavy atom. The van der Waals surface area contributed by atoms with Crippen molar-refractivity contribution in [1.82, 2.24) is 19.9 Å². The molecule has 1 saturated heterocycles. The normalized spacial score (nSPS) is 21.6. The van der Waals surface area contributed by atoms with Gasteiger partial charge in [-0.2, -0.15) is 13.2 Å². The summed E-state index contributed by atoms with van der Waals surface area (Å²) in [5, 5.41) is 0.843. The van der Waals surface area contributed by atoms with Crippen LogP contribution in [-0.4, -0.2) is 57.6 Å². The first kappa shape index (κ1) is 17.5. The highest BCUT2D eigenvalue weighted by Crippen LogP contribution is 2.30. The molecule has 3 heterocycles. The van der Waals surface area contributed by atoms with Gasteiger partial charge in [-0.05, 0) is 25.8 Å². The molecule has 2 aromatic rings. The predicted molar refractivity (Wildman–Crippen MR) is 87.2 cm³/mol. The third kappa shape index (κ3) is 3.54. The van der Waals surface area contributed by atoms with Crippen LogP contribution in [0.2, 0.25) is 0 Å². The summed E-state index contributed by atoms with van der Waals surface area (Å²) >= 11 is 0. The van der Waals surface area contributed by atoms with Gasteiger partial charge in [0.15, 0.2) is 0 Å². The van der Waals surface area contributed by atoms with Gasteiger partial charge in [0, 0.05) is 25.8 Å². The van der Waals surface area contributed by atoms with Crippen LogP contribution >= 0.6 is 0 Å². The lowest BCUT2D eigenvalue weighted by molar-refractivity contribution is -0.164. The molecular formula is C16H20F3N5O. The van der Waals surface area contributed by atoms with E-state index in [1.54, 1.807) is 13.1 Å². The lowest BCUT2D eigenvalue weighted by Gasteiger charge is -2.44. The van der Waals surface area contributed by atoms with Crippen molar-refractivity contribution in [2.45, 2.75) is 44.4 Å². The van der Waals surface area contributed by atoms with Crippen molar-refractivity contribution in [3.05, 3.63) is 18.6 Å². The molecule has 1 aliphatic heterocycles. The number of carbonyl (C=O) groups excluding carboxylic acids is 1. The summed E-state index contributed by atoms with van der Waals surface area (Å²) in [5.41, 5.74) is 0.699. The second-order valence-electron chi connectivity index (χ2n) is 6.38. The Labute approximate surface area is 143 Å². The molecule has 0 bridgehead atoms. The number of nitrogens with zero attached hydrogens (tertiary/aromatic N) is 4. The van der Waals surface area contributed by atoms with E-state index in [0.29, 0.717) is 24.4 Å². The molecule has 1 amide bonds. The van der Waals surface area contributed by atoms with Crippen LogP contribution in [0.5, 0.6) is 0 Å². The van der Waals surface area contributed by atoms with E-state index in [4.69, 9.17) is 0 Å². The topological polar surface area (TPSA) is 65.1 Å². The molecule has 0 saturated carbocycles.